The van der Waals surface area contributed by atoms with Crippen molar-refractivity contribution in [3.05, 3.63) is 29.8 Å². The van der Waals surface area contributed by atoms with Crippen LogP contribution in [0, 0.1) is 6.42 Å². The first-order valence-corrected chi connectivity index (χ1v) is 4.38. The number of hydrogen-bond donors (Lipinski definition) is 1. The molecule has 0 saturated carbocycles. The second-order valence-corrected chi connectivity index (χ2v) is 2.88. The number of nitrogens with zero attached hydrogens (tertiary/aromatic N) is 1. The van der Waals surface area contributed by atoms with Gasteiger partial charge in [-0.2, -0.15) is 0 Å². The molecule has 3 heteroatoms. The molecular weight excluding hydrogens is 172 g/mol. The van der Waals surface area contributed by atoms with Crippen LogP contribution in [0.4, 0.5) is 5.82 Å². The molecule has 65 valence electrons. The third-order valence-electron chi connectivity index (χ3n) is 1.44. The Hall–Kier alpha value is -0.760. The van der Waals surface area contributed by atoms with Gasteiger partial charge in [-0.15, -0.1) is 0 Å². The van der Waals surface area contributed by atoms with Gasteiger partial charge < -0.3 is 5.32 Å². The highest BCUT2D eigenvalue weighted by molar-refractivity contribution is 6.30. The number of rotatable bonds is 4. The first kappa shape index (κ1) is 9.33. The molecule has 1 aromatic rings. The Kier molecular flexibility index (Phi) is 3.88. The van der Waals surface area contributed by atoms with Crippen molar-refractivity contribution in [3.63, 3.8) is 0 Å². The van der Waals surface area contributed by atoms with Gasteiger partial charge in [-0.05, 0) is 18.6 Å². The highest BCUT2D eigenvalue weighted by atomic mass is 35.5. The quantitative estimate of drug-likeness (QED) is 0.727. The molecule has 0 aliphatic heterocycles. The van der Waals surface area contributed by atoms with Crippen LogP contribution in [0.1, 0.15) is 13.3 Å². The summed E-state index contributed by atoms with van der Waals surface area (Å²) in [6, 6.07) is 3.69. The summed E-state index contributed by atoms with van der Waals surface area (Å²) >= 11 is 5.67. The fourth-order valence-electron chi connectivity index (χ4n) is 0.801. The Bertz CT molecular complexity index is 220. The Morgan fingerprint density at radius 2 is 2.42 bits per heavy atom. The summed E-state index contributed by atoms with van der Waals surface area (Å²) in [5.74, 6) is 0.865. The molecule has 1 aromatic heterocycles. The maximum atomic E-state index is 5.67. The fourth-order valence-corrected chi connectivity index (χ4v) is 0.913. The second-order valence-electron chi connectivity index (χ2n) is 2.44. The Balaban J connectivity index is 2.37. The first-order chi connectivity index (χ1) is 5.83. The molecule has 1 rings (SSSR count). The van der Waals surface area contributed by atoms with E-state index in [2.05, 4.69) is 23.6 Å². The van der Waals surface area contributed by atoms with Crippen LogP contribution in [-0.4, -0.2) is 11.5 Å². The molecule has 1 radical (unpaired) electrons. The molecule has 0 amide bonds. The lowest BCUT2D eigenvalue weighted by Gasteiger charge is -2.02. The molecule has 0 aliphatic carbocycles. The third-order valence-corrected chi connectivity index (χ3v) is 1.67. The van der Waals surface area contributed by atoms with Gasteiger partial charge in [0.05, 0.1) is 5.02 Å². The predicted molar refractivity (Wildman–Crippen MR) is 52.3 cm³/mol. The van der Waals surface area contributed by atoms with Crippen LogP contribution < -0.4 is 5.32 Å². The van der Waals surface area contributed by atoms with Gasteiger partial charge in [-0.25, -0.2) is 4.98 Å². The van der Waals surface area contributed by atoms with Crippen molar-refractivity contribution in [2.45, 2.75) is 13.3 Å². The summed E-state index contributed by atoms with van der Waals surface area (Å²) in [4.78, 5) is 4.09. The van der Waals surface area contributed by atoms with E-state index in [9.17, 15) is 0 Å². The van der Waals surface area contributed by atoms with Crippen molar-refractivity contribution >= 4 is 17.4 Å². The maximum absolute atomic E-state index is 5.67. The van der Waals surface area contributed by atoms with Crippen LogP contribution in [0.2, 0.25) is 5.02 Å². The monoisotopic (exact) mass is 183 g/mol. The molecule has 0 fully saturated rings. The SMILES string of the molecule is CC[CH]CNc1ccc(Cl)cn1. The van der Waals surface area contributed by atoms with Crippen LogP contribution >= 0.6 is 11.6 Å². The molecule has 1 heterocycles. The van der Waals surface area contributed by atoms with Crippen molar-refractivity contribution in [2.24, 2.45) is 0 Å². The number of aromatic nitrogens is 1. The van der Waals surface area contributed by atoms with Crippen LogP contribution in [0.5, 0.6) is 0 Å². The molecule has 0 saturated heterocycles. The normalized spacial score (nSPS) is 9.83. The lowest BCUT2D eigenvalue weighted by molar-refractivity contribution is 1.03. The Morgan fingerprint density at radius 1 is 1.58 bits per heavy atom. The zero-order valence-corrected chi connectivity index (χ0v) is 7.80. The minimum Gasteiger partial charge on any atom is -0.370 e. The van der Waals surface area contributed by atoms with Gasteiger partial charge in [0.25, 0.3) is 0 Å². The molecule has 0 spiro atoms. The van der Waals surface area contributed by atoms with Crippen LogP contribution in [-0.2, 0) is 0 Å². The van der Waals surface area contributed by atoms with Gasteiger partial charge >= 0.3 is 0 Å². The molecule has 2 nitrogen and oxygen atoms in total. The van der Waals surface area contributed by atoms with Gasteiger partial charge in [0.15, 0.2) is 0 Å². The van der Waals surface area contributed by atoms with E-state index in [4.69, 9.17) is 11.6 Å². The van der Waals surface area contributed by atoms with E-state index >= 15 is 0 Å². The number of anilines is 1. The topological polar surface area (TPSA) is 24.9 Å². The van der Waals surface area contributed by atoms with Gasteiger partial charge in [0.2, 0.25) is 0 Å². The number of halogens is 1. The predicted octanol–water partition coefficient (Wildman–Crippen LogP) is 2.76. The van der Waals surface area contributed by atoms with Gasteiger partial charge in [0.1, 0.15) is 5.82 Å². The highest BCUT2D eigenvalue weighted by Crippen LogP contribution is 2.09. The van der Waals surface area contributed by atoms with Gasteiger partial charge in [0, 0.05) is 12.7 Å². The average molecular weight is 184 g/mol. The van der Waals surface area contributed by atoms with Crippen LogP contribution in [0.3, 0.4) is 0 Å². The average Bonchev–Trinajstić information content (AvgIpc) is 2.09. The summed E-state index contributed by atoms with van der Waals surface area (Å²) in [6.45, 7) is 2.96. The summed E-state index contributed by atoms with van der Waals surface area (Å²) < 4.78 is 0. The van der Waals surface area contributed by atoms with Crippen molar-refractivity contribution in [1.29, 1.82) is 0 Å². The van der Waals surface area contributed by atoms with E-state index in [0.717, 1.165) is 18.8 Å². The zero-order valence-electron chi connectivity index (χ0n) is 7.05. The molecule has 0 aliphatic rings. The van der Waals surface area contributed by atoms with Gasteiger partial charge in [-0.1, -0.05) is 24.9 Å². The van der Waals surface area contributed by atoms with Crippen molar-refractivity contribution < 1.29 is 0 Å². The zero-order chi connectivity index (χ0) is 8.81. The number of nitrogens with one attached hydrogen (secondary N) is 1. The molecule has 0 unspecified atom stereocenters. The minimum atomic E-state index is 0.667. The third kappa shape index (κ3) is 3.09. The van der Waals surface area contributed by atoms with Gasteiger partial charge in [-0.3, -0.25) is 0 Å². The first-order valence-electron chi connectivity index (χ1n) is 4.00. The molecule has 1 N–H and O–H groups in total. The number of pyridine rings is 1. The summed E-state index contributed by atoms with van der Waals surface area (Å²) in [6.07, 6.45) is 4.85. The molecular formula is C9H12ClN2. The van der Waals surface area contributed by atoms with E-state index in [1.54, 1.807) is 6.20 Å². The Labute approximate surface area is 78.0 Å². The smallest absolute Gasteiger partial charge is 0.125 e. The summed E-state index contributed by atoms with van der Waals surface area (Å²) in [5, 5.41) is 3.81. The van der Waals surface area contributed by atoms with Crippen molar-refractivity contribution in [3.8, 4) is 0 Å². The van der Waals surface area contributed by atoms with E-state index in [1.807, 2.05) is 12.1 Å². The number of hydrogen-bond acceptors (Lipinski definition) is 2. The maximum Gasteiger partial charge on any atom is 0.125 e. The lowest BCUT2D eigenvalue weighted by atomic mass is 10.3. The van der Waals surface area contributed by atoms with Crippen molar-refractivity contribution in [2.75, 3.05) is 11.9 Å². The standard InChI is InChI=1S/C9H12ClN2/c1-2-3-6-11-9-5-4-8(10)7-12-9/h3-5,7H,2,6H2,1H3,(H,11,12). The molecule has 12 heavy (non-hydrogen) atoms. The Morgan fingerprint density at radius 3 is 3.00 bits per heavy atom. The summed E-state index contributed by atoms with van der Waals surface area (Å²) in [7, 11) is 0. The molecule has 0 bridgehead atoms. The lowest BCUT2D eigenvalue weighted by Crippen LogP contribution is -2.02. The van der Waals surface area contributed by atoms with E-state index in [-0.39, 0.29) is 0 Å². The second kappa shape index (κ2) is 4.99. The molecule has 0 atom stereocenters. The van der Waals surface area contributed by atoms with Crippen molar-refractivity contribution in [1.82, 2.24) is 4.98 Å². The number of unbranched alkanes of at least 4 members (excludes halogenated alkanes) is 1. The minimum absolute atomic E-state index is 0.667. The van der Waals surface area contributed by atoms with E-state index in [1.165, 1.54) is 0 Å². The molecule has 0 aromatic carbocycles. The van der Waals surface area contributed by atoms with Crippen LogP contribution in [0.25, 0.3) is 0 Å². The highest BCUT2D eigenvalue weighted by Gasteiger charge is 1.91. The van der Waals surface area contributed by atoms with E-state index < -0.39 is 0 Å². The largest absolute Gasteiger partial charge is 0.370 e. The fraction of sp³-hybridized carbons (Fsp3) is 0.333. The van der Waals surface area contributed by atoms with E-state index in [0.29, 0.717) is 5.02 Å². The summed E-state index contributed by atoms with van der Waals surface area (Å²) in [5.41, 5.74) is 0. The van der Waals surface area contributed by atoms with Crippen LogP contribution in [0.15, 0.2) is 18.3 Å².